The standard InChI is InChI=1S/C14H16ClN5O2S/c1-18(2)13(21)11-8-6-17-19(3)9(8)4-5-20(11)14(22)12-16-7-10(15)23-12/h6-7,11H,4-5H2,1-3H3. The molecule has 1 unspecified atom stereocenters. The van der Waals surface area contributed by atoms with Gasteiger partial charge in [0.05, 0.1) is 12.4 Å². The number of carbonyl (C=O) groups is 2. The highest BCUT2D eigenvalue weighted by molar-refractivity contribution is 7.17. The molecule has 2 aromatic heterocycles. The first-order valence-corrected chi connectivity index (χ1v) is 8.24. The van der Waals surface area contributed by atoms with E-state index in [1.54, 1.807) is 29.9 Å². The number of aryl methyl sites for hydroxylation is 1. The molecule has 0 aromatic carbocycles. The SMILES string of the molecule is CN(C)C(=O)C1c2cnn(C)c2CCN1C(=O)c1ncc(Cl)s1. The first kappa shape index (κ1) is 15.9. The van der Waals surface area contributed by atoms with E-state index in [0.717, 1.165) is 22.6 Å². The lowest BCUT2D eigenvalue weighted by atomic mass is 9.97. The Morgan fingerprint density at radius 2 is 2.13 bits per heavy atom. The zero-order valence-corrected chi connectivity index (χ0v) is 14.6. The second-order valence-electron chi connectivity index (χ2n) is 5.52. The normalized spacial score (nSPS) is 17.0. The molecule has 7 nitrogen and oxygen atoms in total. The van der Waals surface area contributed by atoms with Crippen LogP contribution in [-0.4, -0.2) is 57.0 Å². The Balaban J connectivity index is 2.02. The number of nitrogens with zero attached hydrogens (tertiary/aromatic N) is 5. The summed E-state index contributed by atoms with van der Waals surface area (Å²) in [4.78, 5) is 32.5. The van der Waals surface area contributed by atoms with Crippen molar-refractivity contribution in [1.82, 2.24) is 24.6 Å². The van der Waals surface area contributed by atoms with Gasteiger partial charge in [0.15, 0.2) is 5.01 Å². The van der Waals surface area contributed by atoms with Gasteiger partial charge in [0.25, 0.3) is 5.91 Å². The minimum absolute atomic E-state index is 0.157. The molecule has 0 bridgehead atoms. The molecule has 2 amide bonds. The molecule has 122 valence electrons. The van der Waals surface area contributed by atoms with Gasteiger partial charge in [-0.2, -0.15) is 5.10 Å². The van der Waals surface area contributed by atoms with Crippen molar-refractivity contribution in [3.63, 3.8) is 0 Å². The van der Waals surface area contributed by atoms with Gasteiger partial charge in [-0.3, -0.25) is 14.3 Å². The molecule has 1 atom stereocenters. The maximum Gasteiger partial charge on any atom is 0.283 e. The highest BCUT2D eigenvalue weighted by Gasteiger charge is 2.39. The Morgan fingerprint density at radius 1 is 1.39 bits per heavy atom. The smallest absolute Gasteiger partial charge is 0.283 e. The average Bonchev–Trinajstić information content (AvgIpc) is 3.11. The number of hydrogen-bond donors (Lipinski definition) is 0. The quantitative estimate of drug-likeness (QED) is 0.817. The van der Waals surface area contributed by atoms with Gasteiger partial charge in [-0.25, -0.2) is 4.98 Å². The summed E-state index contributed by atoms with van der Waals surface area (Å²) < 4.78 is 2.20. The zero-order chi connectivity index (χ0) is 16.7. The van der Waals surface area contributed by atoms with Crippen LogP contribution in [-0.2, 0) is 18.3 Å². The number of amides is 2. The van der Waals surface area contributed by atoms with Crippen LogP contribution in [0.3, 0.4) is 0 Å². The van der Waals surface area contributed by atoms with Crippen molar-refractivity contribution in [1.29, 1.82) is 0 Å². The summed E-state index contributed by atoms with van der Waals surface area (Å²) in [6.45, 7) is 0.437. The van der Waals surface area contributed by atoms with Gasteiger partial charge < -0.3 is 9.80 Å². The number of likely N-dealkylation sites (N-methyl/N-ethyl adjacent to an activating group) is 1. The molecular formula is C14H16ClN5O2S. The molecule has 3 heterocycles. The molecule has 0 fully saturated rings. The number of carbonyl (C=O) groups excluding carboxylic acids is 2. The van der Waals surface area contributed by atoms with Crippen molar-refractivity contribution in [3.8, 4) is 0 Å². The van der Waals surface area contributed by atoms with E-state index in [0.29, 0.717) is 22.3 Å². The first-order valence-electron chi connectivity index (χ1n) is 7.04. The van der Waals surface area contributed by atoms with E-state index in [-0.39, 0.29) is 11.8 Å². The molecule has 0 saturated carbocycles. The molecule has 3 rings (SSSR count). The molecule has 0 saturated heterocycles. The summed E-state index contributed by atoms with van der Waals surface area (Å²) >= 11 is 6.99. The predicted molar refractivity (Wildman–Crippen MR) is 86.5 cm³/mol. The topological polar surface area (TPSA) is 71.3 Å². The molecule has 1 aliphatic rings. The largest absolute Gasteiger partial charge is 0.347 e. The van der Waals surface area contributed by atoms with E-state index >= 15 is 0 Å². The van der Waals surface area contributed by atoms with Crippen LogP contribution in [0.15, 0.2) is 12.4 Å². The molecule has 0 aliphatic carbocycles. The van der Waals surface area contributed by atoms with Crippen LogP contribution in [0.2, 0.25) is 4.34 Å². The van der Waals surface area contributed by atoms with Crippen LogP contribution < -0.4 is 0 Å². The van der Waals surface area contributed by atoms with Gasteiger partial charge in [0.2, 0.25) is 5.91 Å². The summed E-state index contributed by atoms with van der Waals surface area (Å²) in [6, 6.07) is -0.683. The third-order valence-corrected chi connectivity index (χ3v) is 4.99. The van der Waals surface area contributed by atoms with E-state index in [1.165, 1.54) is 11.1 Å². The van der Waals surface area contributed by atoms with Crippen LogP contribution in [0.4, 0.5) is 0 Å². The van der Waals surface area contributed by atoms with Crippen LogP contribution >= 0.6 is 22.9 Å². The summed E-state index contributed by atoms with van der Waals surface area (Å²) in [7, 11) is 5.19. The number of halogens is 1. The molecule has 0 radical (unpaired) electrons. The lowest BCUT2D eigenvalue weighted by molar-refractivity contribution is -0.134. The Kier molecular flexibility index (Phi) is 4.11. The Labute approximate surface area is 142 Å². The van der Waals surface area contributed by atoms with Gasteiger partial charge in [0.1, 0.15) is 10.4 Å². The summed E-state index contributed by atoms with van der Waals surface area (Å²) in [6.07, 6.45) is 3.76. The number of hydrogen-bond acceptors (Lipinski definition) is 5. The van der Waals surface area contributed by atoms with E-state index in [4.69, 9.17) is 11.6 Å². The maximum atomic E-state index is 12.8. The molecule has 9 heteroatoms. The van der Waals surface area contributed by atoms with Crippen LogP contribution in [0.5, 0.6) is 0 Å². The van der Waals surface area contributed by atoms with Crippen molar-refractivity contribution < 1.29 is 9.59 Å². The first-order chi connectivity index (χ1) is 10.9. The van der Waals surface area contributed by atoms with Crippen molar-refractivity contribution in [3.05, 3.63) is 33.0 Å². The summed E-state index contributed by atoms with van der Waals surface area (Å²) in [5.41, 5.74) is 1.75. The number of rotatable bonds is 2. The third-order valence-electron chi connectivity index (χ3n) is 3.89. The average molecular weight is 354 g/mol. The van der Waals surface area contributed by atoms with Crippen molar-refractivity contribution in [2.45, 2.75) is 12.5 Å². The number of aromatic nitrogens is 3. The fourth-order valence-corrected chi connectivity index (χ4v) is 3.61. The fraction of sp³-hybridized carbons (Fsp3) is 0.429. The highest BCUT2D eigenvalue weighted by Crippen LogP contribution is 2.32. The Bertz CT molecular complexity index is 769. The van der Waals surface area contributed by atoms with Gasteiger partial charge in [-0.05, 0) is 0 Å². The summed E-state index contributed by atoms with van der Waals surface area (Å²) in [5.74, 6) is -0.438. The minimum atomic E-state index is -0.683. The lowest BCUT2D eigenvalue weighted by Crippen LogP contribution is -2.47. The van der Waals surface area contributed by atoms with E-state index in [1.807, 2.05) is 7.05 Å². The molecule has 2 aromatic rings. The molecule has 23 heavy (non-hydrogen) atoms. The molecular weight excluding hydrogens is 338 g/mol. The van der Waals surface area contributed by atoms with Crippen molar-refractivity contribution in [2.24, 2.45) is 7.05 Å². The van der Waals surface area contributed by atoms with Gasteiger partial charge in [-0.15, -0.1) is 0 Å². The lowest BCUT2D eigenvalue weighted by Gasteiger charge is -2.35. The van der Waals surface area contributed by atoms with E-state index < -0.39 is 6.04 Å². The van der Waals surface area contributed by atoms with Crippen molar-refractivity contribution in [2.75, 3.05) is 20.6 Å². The monoisotopic (exact) mass is 353 g/mol. The molecule has 0 N–H and O–H groups in total. The minimum Gasteiger partial charge on any atom is -0.347 e. The van der Waals surface area contributed by atoms with E-state index in [2.05, 4.69) is 10.1 Å². The van der Waals surface area contributed by atoms with Crippen LogP contribution in [0.1, 0.15) is 27.1 Å². The van der Waals surface area contributed by atoms with Crippen molar-refractivity contribution >= 4 is 34.8 Å². The van der Waals surface area contributed by atoms with Crippen LogP contribution in [0.25, 0.3) is 0 Å². The molecule has 1 aliphatic heterocycles. The summed E-state index contributed by atoms with van der Waals surface area (Å²) in [5, 5.41) is 4.53. The highest BCUT2D eigenvalue weighted by atomic mass is 35.5. The van der Waals surface area contributed by atoms with E-state index in [9.17, 15) is 9.59 Å². The number of fused-ring (bicyclic) bond motifs is 1. The predicted octanol–water partition coefficient (Wildman–Crippen LogP) is 1.36. The molecule has 0 spiro atoms. The fourth-order valence-electron chi connectivity index (χ4n) is 2.74. The second kappa shape index (κ2) is 5.93. The Morgan fingerprint density at radius 3 is 2.74 bits per heavy atom. The van der Waals surface area contributed by atoms with Gasteiger partial charge in [-0.1, -0.05) is 22.9 Å². The maximum absolute atomic E-state index is 12.8. The third kappa shape index (κ3) is 2.72. The van der Waals surface area contributed by atoms with Crippen LogP contribution in [0, 0.1) is 0 Å². The zero-order valence-electron chi connectivity index (χ0n) is 13.0. The second-order valence-corrected chi connectivity index (χ2v) is 7.19. The van der Waals surface area contributed by atoms with Gasteiger partial charge >= 0.3 is 0 Å². The number of thiazole rings is 1. The van der Waals surface area contributed by atoms with Gasteiger partial charge in [0, 0.05) is 45.4 Å². The Hall–Kier alpha value is -1.93.